The van der Waals surface area contributed by atoms with Crippen LogP contribution in [0, 0.1) is 13.8 Å². The van der Waals surface area contributed by atoms with E-state index in [0.29, 0.717) is 22.8 Å². The van der Waals surface area contributed by atoms with Crippen LogP contribution in [0.4, 0.5) is 16.2 Å². The van der Waals surface area contributed by atoms with Crippen molar-refractivity contribution in [2.75, 3.05) is 0 Å². The van der Waals surface area contributed by atoms with Crippen LogP contribution >= 0.6 is 0 Å². The van der Waals surface area contributed by atoms with Gasteiger partial charge in [0, 0.05) is 0 Å². The number of benzene rings is 1. The first-order chi connectivity index (χ1) is 9.00. The third kappa shape index (κ3) is 2.44. The van der Waals surface area contributed by atoms with Gasteiger partial charge in [0.2, 0.25) is 0 Å². The van der Waals surface area contributed by atoms with E-state index < -0.39 is 6.03 Å². The number of phenolic OH excluding ortho intramolecular Hbond substituents is 1. The highest BCUT2D eigenvalue weighted by Gasteiger charge is 2.14. The van der Waals surface area contributed by atoms with Crippen molar-refractivity contribution in [2.45, 2.75) is 13.8 Å². The standard InChI is InChI=1S/C12H13N5O2/c1-7-11(8(2)17(16-7)12(13)19)15-14-9-5-3-4-6-10(9)18/h3-6,18H,1-2H3,(H2,13,19). The molecule has 1 aromatic heterocycles. The number of nitrogens with two attached hydrogens (primary N) is 1. The number of carbonyl (C=O) groups excluding carboxylic acids is 1. The van der Waals surface area contributed by atoms with E-state index in [1.54, 1.807) is 32.0 Å². The van der Waals surface area contributed by atoms with E-state index in [1.807, 2.05) is 0 Å². The summed E-state index contributed by atoms with van der Waals surface area (Å²) < 4.78 is 1.06. The fourth-order valence-electron chi connectivity index (χ4n) is 1.65. The fourth-order valence-corrected chi connectivity index (χ4v) is 1.65. The van der Waals surface area contributed by atoms with Gasteiger partial charge in [-0.3, -0.25) is 0 Å². The fraction of sp³-hybridized carbons (Fsp3) is 0.167. The largest absolute Gasteiger partial charge is 0.506 e. The summed E-state index contributed by atoms with van der Waals surface area (Å²) in [6, 6.07) is 5.89. The Morgan fingerprint density at radius 2 is 2.00 bits per heavy atom. The highest BCUT2D eigenvalue weighted by atomic mass is 16.3. The maximum Gasteiger partial charge on any atom is 0.339 e. The number of carbonyl (C=O) groups is 1. The normalized spacial score (nSPS) is 11.1. The number of aryl methyl sites for hydroxylation is 1. The van der Waals surface area contributed by atoms with Gasteiger partial charge in [0.15, 0.2) is 0 Å². The minimum absolute atomic E-state index is 0.0313. The van der Waals surface area contributed by atoms with Gasteiger partial charge in [0.05, 0.1) is 11.4 Å². The molecule has 98 valence electrons. The molecular formula is C12H13N5O2. The van der Waals surface area contributed by atoms with Crippen molar-refractivity contribution >= 4 is 17.4 Å². The molecule has 0 aliphatic rings. The van der Waals surface area contributed by atoms with Gasteiger partial charge < -0.3 is 10.8 Å². The quantitative estimate of drug-likeness (QED) is 0.809. The first-order valence-corrected chi connectivity index (χ1v) is 5.56. The summed E-state index contributed by atoms with van der Waals surface area (Å²) in [7, 11) is 0. The lowest BCUT2D eigenvalue weighted by Gasteiger charge is -1.97. The number of phenols is 1. The van der Waals surface area contributed by atoms with Gasteiger partial charge in [-0.05, 0) is 26.0 Å². The molecule has 19 heavy (non-hydrogen) atoms. The van der Waals surface area contributed by atoms with Crippen LogP contribution in [0.3, 0.4) is 0 Å². The summed E-state index contributed by atoms with van der Waals surface area (Å²) in [5.74, 6) is 0.0313. The second kappa shape index (κ2) is 4.89. The molecule has 0 atom stereocenters. The van der Waals surface area contributed by atoms with Crippen molar-refractivity contribution in [3.05, 3.63) is 35.7 Å². The molecule has 1 aromatic carbocycles. The summed E-state index contributed by atoms with van der Waals surface area (Å²) in [5.41, 5.74) is 7.02. The lowest BCUT2D eigenvalue weighted by atomic mass is 10.3. The van der Waals surface area contributed by atoms with E-state index in [2.05, 4.69) is 15.3 Å². The summed E-state index contributed by atoms with van der Waals surface area (Å²) in [4.78, 5) is 11.1. The number of aromatic nitrogens is 2. The van der Waals surface area contributed by atoms with Crippen molar-refractivity contribution in [1.82, 2.24) is 9.78 Å². The number of primary amides is 1. The summed E-state index contributed by atoms with van der Waals surface area (Å²) >= 11 is 0. The molecule has 3 N–H and O–H groups in total. The van der Waals surface area contributed by atoms with Gasteiger partial charge in [-0.1, -0.05) is 12.1 Å². The van der Waals surface area contributed by atoms with E-state index >= 15 is 0 Å². The maximum atomic E-state index is 11.1. The summed E-state index contributed by atoms with van der Waals surface area (Å²) in [6.07, 6.45) is 0. The number of amides is 1. The first-order valence-electron chi connectivity index (χ1n) is 5.56. The Balaban J connectivity index is 2.39. The zero-order chi connectivity index (χ0) is 14.0. The van der Waals surface area contributed by atoms with Gasteiger partial charge in [-0.2, -0.15) is 9.78 Å². The zero-order valence-corrected chi connectivity index (χ0v) is 10.5. The summed E-state index contributed by atoms with van der Waals surface area (Å²) in [5, 5.41) is 21.5. The molecule has 0 radical (unpaired) electrons. The second-order valence-corrected chi connectivity index (χ2v) is 3.96. The topological polar surface area (TPSA) is 106 Å². The van der Waals surface area contributed by atoms with E-state index in [-0.39, 0.29) is 5.75 Å². The molecule has 2 rings (SSSR count). The minimum atomic E-state index is -0.676. The molecule has 0 fully saturated rings. The van der Waals surface area contributed by atoms with Crippen molar-refractivity contribution in [1.29, 1.82) is 0 Å². The SMILES string of the molecule is Cc1nn(C(N)=O)c(C)c1N=Nc1ccccc1O. The van der Waals surface area contributed by atoms with Crippen LogP contribution in [0.2, 0.25) is 0 Å². The Morgan fingerprint density at radius 3 is 2.58 bits per heavy atom. The maximum absolute atomic E-state index is 11.1. The number of azo groups is 1. The molecule has 1 heterocycles. The van der Waals surface area contributed by atoms with Gasteiger partial charge in [0.1, 0.15) is 17.1 Å². The molecule has 2 aromatic rings. The Hall–Kier alpha value is -2.70. The van der Waals surface area contributed by atoms with Crippen LogP contribution in [0.1, 0.15) is 11.4 Å². The molecular weight excluding hydrogens is 246 g/mol. The predicted octanol–water partition coefficient (Wildman–Crippen LogP) is 2.55. The van der Waals surface area contributed by atoms with Crippen molar-refractivity contribution in [3.63, 3.8) is 0 Å². The van der Waals surface area contributed by atoms with Crippen molar-refractivity contribution in [3.8, 4) is 5.75 Å². The average Bonchev–Trinajstić information content (AvgIpc) is 2.65. The van der Waals surface area contributed by atoms with Crippen LogP contribution < -0.4 is 5.73 Å². The second-order valence-electron chi connectivity index (χ2n) is 3.96. The van der Waals surface area contributed by atoms with Crippen LogP contribution in [-0.4, -0.2) is 20.9 Å². The summed E-state index contributed by atoms with van der Waals surface area (Å²) in [6.45, 7) is 3.37. The van der Waals surface area contributed by atoms with Gasteiger partial charge in [-0.25, -0.2) is 4.79 Å². The monoisotopic (exact) mass is 259 g/mol. The van der Waals surface area contributed by atoms with Crippen molar-refractivity contribution in [2.24, 2.45) is 16.0 Å². The van der Waals surface area contributed by atoms with E-state index in [4.69, 9.17) is 5.73 Å². The number of nitrogens with zero attached hydrogens (tertiary/aromatic N) is 4. The molecule has 7 nitrogen and oxygen atoms in total. The third-order valence-electron chi connectivity index (χ3n) is 2.60. The van der Waals surface area contributed by atoms with Gasteiger partial charge in [0.25, 0.3) is 0 Å². The number of para-hydroxylation sites is 1. The Kier molecular flexibility index (Phi) is 3.28. The van der Waals surface area contributed by atoms with Crippen molar-refractivity contribution < 1.29 is 9.90 Å². The van der Waals surface area contributed by atoms with E-state index in [9.17, 15) is 9.90 Å². The smallest absolute Gasteiger partial charge is 0.339 e. The Labute approximate surface area is 109 Å². The molecule has 0 unspecified atom stereocenters. The lowest BCUT2D eigenvalue weighted by molar-refractivity contribution is 0.247. The average molecular weight is 259 g/mol. The molecule has 7 heteroatoms. The lowest BCUT2D eigenvalue weighted by Crippen LogP contribution is -2.21. The van der Waals surface area contributed by atoms with Gasteiger partial charge in [-0.15, -0.1) is 10.2 Å². The number of hydrogen-bond acceptors (Lipinski definition) is 5. The number of aromatic hydroxyl groups is 1. The van der Waals surface area contributed by atoms with Crippen LogP contribution in [0.5, 0.6) is 5.75 Å². The molecule has 0 aliphatic heterocycles. The van der Waals surface area contributed by atoms with E-state index in [0.717, 1.165) is 4.68 Å². The van der Waals surface area contributed by atoms with Crippen LogP contribution in [-0.2, 0) is 0 Å². The van der Waals surface area contributed by atoms with Crippen LogP contribution in [0.15, 0.2) is 34.5 Å². The third-order valence-corrected chi connectivity index (χ3v) is 2.60. The highest BCUT2D eigenvalue weighted by Crippen LogP contribution is 2.29. The number of hydrogen-bond donors (Lipinski definition) is 2. The highest BCUT2D eigenvalue weighted by molar-refractivity contribution is 5.76. The molecule has 0 bridgehead atoms. The molecule has 0 saturated heterocycles. The minimum Gasteiger partial charge on any atom is -0.506 e. The van der Waals surface area contributed by atoms with Crippen LogP contribution in [0.25, 0.3) is 0 Å². The Morgan fingerprint density at radius 1 is 1.32 bits per heavy atom. The molecule has 0 spiro atoms. The molecule has 0 saturated carbocycles. The molecule has 1 amide bonds. The van der Waals surface area contributed by atoms with E-state index in [1.165, 1.54) is 6.07 Å². The Bertz CT molecular complexity index is 660. The van der Waals surface area contributed by atoms with Gasteiger partial charge >= 0.3 is 6.03 Å². The first kappa shape index (κ1) is 12.7. The predicted molar refractivity (Wildman–Crippen MR) is 69.0 cm³/mol. The molecule has 0 aliphatic carbocycles. The number of rotatable bonds is 2. The zero-order valence-electron chi connectivity index (χ0n) is 10.5.